The molecule has 0 heterocycles. The maximum Gasteiger partial charge on any atom is 0.115 e. The second kappa shape index (κ2) is 3.97. The van der Waals surface area contributed by atoms with Crippen molar-refractivity contribution in [2.45, 2.75) is 33.1 Å². The summed E-state index contributed by atoms with van der Waals surface area (Å²) in [5.74, 6) is 0.551. The first-order chi connectivity index (χ1) is 6.83. The van der Waals surface area contributed by atoms with Crippen LogP contribution in [0.5, 0.6) is 5.75 Å². The quantitative estimate of drug-likeness (QED) is 0.728. The van der Waals surface area contributed by atoms with Gasteiger partial charge in [-0.2, -0.15) is 0 Å². The zero-order valence-corrected chi connectivity index (χ0v) is 9.70. The normalized spacial score (nSPS) is 12.9. The van der Waals surface area contributed by atoms with Crippen molar-refractivity contribution >= 4 is 0 Å². The Kier molecular flexibility index (Phi) is 3.08. The summed E-state index contributed by atoms with van der Waals surface area (Å²) < 4.78 is 0. The van der Waals surface area contributed by atoms with Crippen LogP contribution in [-0.2, 0) is 5.41 Å². The van der Waals surface area contributed by atoms with Crippen LogP contribution in [0.4, 0.5) is 0 Å². The minimum Gasteiger partial charge on any atom is -0.513 e. The summed E-state index contributed by atoms with van der Waals surface area (Å²) in [6, 6.07) is 5.30. The fourth-order valence-electron chi connectivity index (χ4n) is 1.90. The number of aliphatic hydroxyl groups excluding tert-OH is 1. The largest absolute Gasteiger partial charge is 0.513 e. The van der Waals surface area contributed by atoms with E-state index in [9.17, 15) is 10.2 Å². The molecule has 0 aliphatic rings. The molecule has 0 atom stereocenters. The second-order valence-electron chi connectivity index (χ2n) is 4.51. The van der Waals surface area contributed by atoms with Crippen LogP contribution in [0, 0.1) is 6.92 Å². The van der Waals surface area contributed by atoms with E-state index in [0.29, 0.717) is 5.76 Å². The van der Waals surface area contributed by atoms with Crippen molar-refractivity contribution < 1.29 is 10.2 Å². The smallest absolute Gasteiger partial charge is 0.115 e. The number of benzene rings is 1. The van der Waals surface area contributed by atoms with Gasteiger partial charge in [0.1, 0.15) is 5.75 Å². The van der Waals surface area contributed by atoms with E-state index in [1.807, 2.05) is 26.8 Å². The molecule has 2 nitrogen and oxygen atoms in total. The van der Waals surface area contributed by atoms with E-state index in [1.165, 1.54) is 0 Å². The Hall–Kier alpha value is -1.44. The average molecular weight is 206 g/mol. The van der Waals surface area contributed by atoms with Crippen LogP contribution < -0.4 is 0 Å². The summed E-state index contributed by atoms with van der Waals surface area (Å²) in [7, 11) is 0. The van der Waals surface area contributed by atoms with Gasteiger partial charge in [-0.15, -0.1) is 0 Å². The molecule has 0 bridgehead atoms. The van der Waals surface area contributed by atoms with Gasteiger partial charge in [0.05, 0.1) is 5.76 Å². The predicted molar refractivity (Wildman–Crippen MR) is 62.3 cm³/mol. The van der Waals surface area contributed by atoms with Gasteiger partial charge < -0.3 is 10.2 Å². The molecule has 0 saturated heterocycles. The molecular formula is C13H18O2. The molecule has 0 unspecified atom stereocenters. The highest BCUT2D eigenvalue weighted by atomic mass is 16.3. The van der Waals surface area contributed by atoms with Crippen LogP contribution in [0.15, 0.2) is 30.0 Å². The Labute approximate surface area is 90.9 Å². The third kappa shape index (κ3) is 2.75. The fourth-order valence-corrected chi connectivity index (χ4v) is 1.90. The second-order valence-corrected chi connectivity index (χ2v) is 4.51. The highest BCUT2D eigenvalue weighted by Gasteiger charge is 2.20. The molecule has 0 amide bonds. The van der Waals surface area contributed by atoms with Crippen molar-refractivity contribution in [3.8, 4) is 5.75 Å². The number of hydrogen-bond donors (Lipinski definition) is 2. The van der Waals surface area contributed by atoms with E-state index in [-0.39, 0.29) is 11.2 Å². The Balaban J connectivity index is 3.25. The van der Waals surface area contributed by atoms with Gasteiger partial charge in [-0.05, 0) is 43.2 Å². The Morgan fingerprint density at radius 2 is 1.93 bits per heavy atom. The lowest BCUT2D eigenvalue weighted by molar-refractivity contribution is 0.403. The molecule has 1 aromatic rings. The van der Waals surface area contributed by atoms with Gasteiger partial charge >= 0.3 is 0 Å². The van der Waals surface area contributed by atoms with E-state index >= 15 is 0 Å². The van der Waals surface area contributed by atoms with E-state index in [2.05, 4.69) is 0 Å². The molecule has 1 aromatic carbocycles. The van der Waals surface area contributed by atoms with Gasteiger partial charge in [0.25, 0.3) is 0 Å². The topological polar surface area (TPSA) is 40.5 Å². The molecule has 0 fully saturated rings. The Morgan fingerprint density at radius 3 is 2.47 bits per heavy atom. The third-order valence-electron chi connectivity index (χ3n) is 2.49. The van der Waals surface area contributed by atoms with Gasteiger partial charge in [0.15, 0.2) is 0 Å². The standard InChI is InChI=1S/C13H18O2/c1-9-5-6-11(15)7-12(9)13(3,4)8-10(2)14/h5-8,14-15H,1-4H3/b10-8+. The number of phenols is 1. The molecule has 2 N–H and O–H groups in total. The molecule has 0 spiro atoms. The average Bonchev–Trinajstić information content (AvgIpc) is 2.06. The van der Waals surface area contributed by atoms with E-state index in [0.717, 1.165) is 11.1 Å². The van der Waals surface area contributed by atoms with Crippen molar-refractivity contribution in [1.82, 2.24) is 0 Å². The summed E-state index contributed by atoms with van der Waals surface area (Å²) in [5.41, 5.74) is 1.85. The molecule has 0 aromatic heterocycles. The predicted octanol–water partition coefficient (Wildman–Crippen LogP) is 3.44. The van der Waals surface area contributed by atoms with Crippen molar-refractivity contribution in [1.29, 1.82) is 0 Å². The highest BCUT2D eigenvalue weighted by molar-refractivity contribution is 5.41. The molecule has 15 heavy (non-hydrogen) atoms. The minimum atomic E-state index is -0.276. The number of aromatic hydroxyl groups is 1. The number of aliphatic hydroxyl groups is 1. The number of phenolic OH excluding ortho intramolecular Hbond substituents is 1. The zero-order chi connectivity index (χ0) is 11.6. The molecule has 0 radical (unpaired) electrons. The number of aryl methyl sites for hydroxylation is 1. The van der Waals surface area contributed by atoms with E-state index in [4.69, 9.17) is 0 Å². The van der Waals surface area contributed by atoms with Crippen molar-refractivity contribution in [3.05, 3.63) is 41.2 Å². The SMILES string of the molecule is C/C(O)=C\C(C)(C)c1cc(O)ccc1C. The van der Waals surface area contributed by atoms with Crippen molar-refractivity contribution in [3.63, 3.8) is 0 Å². The zero-order valence-electron chi connectivity index (χ0n) is 9.70. The van der Waals surface area contributed by atoms with E-state index < -0.39 is 0 Å². The number of hydrogen-bond acceptors (Lipinski definition) is 2. The van der Waals surface area contributed by atoms with E-state index in [1.54, 1.807) is 25.1 Å². The fraction of sp³-hybridized carbons (Fsp3) is 0.385. The Bertz CT molecular complexity index is 386. The van der Waals surface area contributed by atoms with Crippen LogP contribution in [0.1, 0.15) is 31.9 Å². The summed E-state index contributed by atoms with van der Waals surface area (Å²) in [5, 5.41) is 18.8. The molecule has 0 aliphatic heterocycles. The van der Waals surface area contributed by atoms with Crippen molar-refractivity contribution in [2.75, 3.05) is 0 Å². The Morgan fingerprint density at radius 1 is 1.33 bits per heavy atom. The van der Waals surface area contributed by atoms with Crippen LogP contribution in [0.2, 0.25) is 0 Å². The first-order valence-electron chi connectivity index (χ1n) is 5.01. The van der Waals surface area contributed by atoms with Crippen LogP contribution in [0.25, 0.3) is 0 Å². The van der Waals surface area contributed by atoms with Crippen LogP contribution in [-0.4, -0.2) is 10.2 Å². The van der Waals surface area contributed by atoms with Crippen LogP contribution in [0.3, 0.4) is 0 Å². The molecule has 0 saturated carbocycles. The molecule has 1 rings (SSSR count). The summed E-state index contributed by atoms with van der Waals surface area (Å²) >= 11 is 0. The number of allylic oxidation sites excluding steroid dienone is 2. The lowest BCUT2D eigenvalue weighted by Crippen LogP contribution is -2.15. The maximum absolute atomic E-state index is 9.45. The van der Waals surface area contributed by atoms with Gasteiger partial charge in [-0.25, -0.2) is 0 Å². The highest BCUT2D eigenvalue weighted by Crippen LogP contribution is 2.30. The van der Waals surface area contributed by atoms with Crippen LogP contribution >= 0.6 is 0 Å². The van der Waals surface area contributed by atoms with Gasteiger partial charge in [-0.1, -0.05) is 19.9 Å². The molecule has 0 aliphatic carbocycles. The molecular weight excluding hydrogens is 188 g/mol. The van der Waals surface area contributed by atoms with Gasteiger partial charge in [0, 0.05) is 5.41 Å². The number of rotatable bonds is 2. The first kappa shape index (κ1) is 11.6. The lowest BCUT2D eigenvalue weighted by Gasteiger charge is -2.23. The third-order valence-corrected chi connectivity index (χ3v) is 2.49. The summed E-state index contributed by atoms with van der Waals surface area (Å²) in [6.45, 7) is 7.67. The van der Waals surface area contributed by atoms with Gasteiger partial charge in [0.2, 0.25) is 0 Å². The summed E-state index contributed by atoms with van der Waals surface area (Å²) in [6.07, 6.45) is 1.79. The lowest BCUT2D eigenvalue weighted by atomic mass is 9.81. The maximum atomic E-state index is 9.45. The van der Waals surface area contributed by atoms with Crippen molar-refractivity contribution in [2.24, 2.45) is 0 Å². The van der Waals surface area contributed by atoms with Gasteiger partial charge in [-0.3, -0.25) is 0 Å². The summed E-state index contributed by atoms with van der Waals surface area (Å²) in [4.78, 5) is 0. The molecule has 82 valence electrons. The first-order valence-corrected chi connectivity index (χ1v) is 5.01. The minimum absolute atomic E-state index is 0.257. The monoisotopic (exact) mass is 206 g/mol. The molecule has 2 heteroatoms.